The van der Waals surface area contributed by atoms with Crippen LogP contribution < -0.4 is 0 Å². The smallest absolute Gasteiger partial charge is 0.237 e. The van der Waals surface area contributed by atoms with E-state index in [0.29, 0.717) is 12.1 Å². The van der Waals surface area contributed by atoms with E-state index in [4.69, 9.17) is 4.42 Å². The van der Waals surface area contributed by atoms with E-state index >= 15 is 0 Å². The molecule has 2 unspecified atom stereocenters. The molecule has 0 N–H and O–H groups in total. The highest BCUT2D eigenvalue weighted by atomic mass is 32.2. The van der Waals surface area contributed by atoms with Crippen molar-refractivity contribution in [3.8, 4) is 0 Å². The van der Waals surface area contributed by atoms with E-state index in [9.17, 15) is 9.59 Å². The molecule has 1 fully saturated rings. The Kier molecular flexibility index (Phi) is 7.96. The second kappa shape index (κ2) is 11.4. The second-order valence-corrected chi connectivity index (χ2v) is 15.0. The lowest BCUT2D eigenvalue weighted by atomic mass is 9.84. The molecule has 3 aromatic carbocycles. The first-order valence-electron chi connectivity index (χ1n) is 13.7. The van der Waals surface area contributed by atoms with E-state index in [0.717, 1.165) is 29.5 Å². The van der Waals surface area contributed by atoms with Crippen LogP contribution in [-0.2, 0) is 9.54 Å². The molecule has 5 rings (SSSR count). The lowest BCUT2D eigenvalue weighted by molar-refractivity contribution is -0.145. The molecule has 2 heterocycles. The molecule has 39 heavy (non-hydrogen) atoms. The molecule has 2 atom stereocenters. The van der Waals surface area contributed by atoms with E-state index in [1.807, 2.05) is 23.1 Å². The Morgan fingerprint density at radius 1 is 0.897 bits per heavy atom. The van der Waals surface area contributed by atoms with Gasteiger partial charge < -0.3 is 9.32 Å². The SMILES string of the molecule is CCCCN1C(=O)C(C(=O)c2ccoc2)([SiH](C)C)C1SC(c1ccccc1)(c1ccccc1)c1ccccc1. The number of amides is 1. The zero-order valence-electron chi connectivity index (χ0n) is 22.7. The third kappa shape index (κ3) is 4.49. The van der Waals surface area contributed by atoms with Gasteiger partial charge >= 0.3 is 0 Å². The molecule has 1 saturated heterocycles. The van der Waals surface area contributed by atoms with Gasteiger partial charge in [-0.25, -0.2) is 0 Å². The average molecular weight is 554 g/mol. The minimum Gasteiger partial charge on any atom is -0.472 e. The minimum absolute atomic E-state index is 0.0237. The van der Waals surface area contributed by atoms with Crippen molar-refractivity contribution in [2.75, 3.05) is 6.54 Å². The van der Waals surface area contributed by atoms with Crippen molar-refractivity contribution in [3.05, 3.63) is 132 Å². The Labute approximate surface area is 237 Å². The number of hydrogen-bond donors (Lipinski definition) is 0. The maximum absolute atomic E-state index is 14.3. The van der Waals surface area contributed by atoms with Crippen LogP contribution in [-0.4, -0.2) is 37.3 Å². The van der Waals surface area contributed by atoms with Crippen LogP contribution >= 0.6 is 11.8 Å². The average Bonchev–Trinajstić information content (AvgIpc) is 3.52. The lowest BCUT2D eigenvalue weighted by Crippen LogP contribution is -2.71. The van der Waals surface area contributed by atoms with Crippen molar-refractivity contribution in [1.82, 2.24) is 4.90 Å². The summed E-state index contributed by atoms with van der Waals surface area (Å²) in [6.45, 7) is 7.05. The van der Waals surface area contributed by atoms with E-state index in [2.05, 4.69) is 92.8 Å². The standard InChI is InChI=1S/C33H35NO3SSi/c1-4-5-22-34-30(36)33(39(2)3,29(35)25-21-23-37-24-25)31(34)38-32(26-15-9-6-10-16-26,27-17-11-7-12-18-27)28-19-13-8-14-20-28/h6-21,23-24,31,39H,4-5,22H2,1-3H3. The predicted molar refractivity (Wildman–Crippen MR) is 162 cm³/mol. The predicted octanol–water partition coefficient (Wildman–Crippen LogP) is 7.38. The highest BCUT2D eigenvalue weighted by Crippen LogP contribution is 2.62. The Balaban J connectivity index is 1.75. The molecule has 4 nitrogen and oxygen atoms in total. The summed E-state index contributed by atoms with van der Waals surface area (Å²) in [4.78, 5) is 30.4. The van der Waals surface area contributed by atoms with Gasteiger partial charge in [0.15, 0.2) is 5.78 Å². The molecular formula is C33H35NO3SSi. The Hall–Kier alpha value is -3.35. The zero-order chi connectivity index (χ0) is 27.5. The number of β-lactam (4-membered cyclic amide) rings is 1. The first-order chi connectivity index (χ1) is 19.0. The number of thioether (sulfide) groups is 1. The Morgan fingerprint density at radius 3 is 1.82 bits per heavy atom. The summed E-state index contributed by atoms with van der Waals surface area (Å²) in [7, 11) is -1.88. The zero-order valence-corrected chi connectivity index (χ0v) is 24.7. The van der Waals surface area contributed by atoms with E-state index in [1.54, 1.807) is 17.8 Å². The maximum atomic E-state index is 14.3. The van der Waals surface area contributed by atoms with E-state index < -0.39 is 18.6 Å². The van der Waals surface area contributed by atoms with Crippen LogP contribution in [0, 0.1) is 0 Å². The fourth-order valence-corrected chi connectivity index (χ4v) is 10.9. The van der Waals surface area contributed by atoms with Gasteiger partial charge in [-0.1, -0.05) is 117 Å². The molecule has 1 aromatic heterocycles. The van der Waals surface area contributed by atoms with Gasteiger partial charge in [0.05, 0.1) is 30.7 Å². The molecule has 0 bridgehead atoms. The number of rotatable bonds is 11. The second-order valence-electron chi connectivity index (χ2n) is 10.5. The number of carbonyl (C=O) groups excluding carboxylic acids is 2. The quantitative estimate of drug-likeness (QED) is 0.0639. The van der Waals surface area contributed by atoms with Crippen LogP contribution in [0.4, 0.5) is 0 Å². The van der Waals surface area contributed by atoms with Gasteiger partial charge in [0.1, 0.15) is 11.3 Å². The molecule has 0 saturated carbocycles. The van der Waals surface area contributed by atoms with Crippen LogP contribution in [0.1, 0.15) is 46.8 Å². The summed E-state index contributed by atoms with van der Waals surface area (Å²) >= 11 is 1.75. The van der Waals surface area contributed by atoms with Gasteiger partial charge in [-0.2, -0.15) is 0 Å². The molecule has 0 aliphatic carbocycles. The van der Waals surface area contributed by atoms with Gasteiger partial charge in [-0.05, 0) is 29.2 Å². The van der Waals surface area contributed by atoms with Gasteiger partial charge in [-0.15, -0.1) is 11.8 Å². The molecule has 4 aromatic rings. The molecule has 1 aliphatic rings. The van der Waals surface area contributed by atoms with E-state index in [-0.39, 0.29) is 17.1 Å². The summed E-state index contributed by atoms with van der Waals surface area (Å²) in [6.07, 6.45) is 4.88. The monoisotopic (exact) mass is 553 g/mol. The fourth-order valence-electron chi connectivity index (χ4n) is 5.86. The molecular weight excluding hydrogens is 519 g/mol. The van der Waals surface area contributed by atoms with Crippen molar-refractivity contribution in [3.63, 3.8) is 0 Å². The molecule has 6 heteroatoms. The fraction of sp³-hybridized carbons (Fsp3) is 0.273. The number of likely N-dealkylation sites (tertiary alicyclic amines) is 1. The number of benzene rings is 3. The van der Waals surface area contributed by atoms with Crippen molar-refractivity contribution >= 4 is 32.2 Å². The third-order valence-electron chi connectivity index (χ3n) is 7.94. The van der Waals surface area contributed by atoms with Crippen molar-refractivity contribution in [2.45, 2.75) is 48.0 Å². The van der Waals surface area contributed by atoms with Crippen LogP contribution in [0.3, 0.4) is 0 Å². The summed E-state index contributed by atoms with van der Waals surface area (Å²) in [5.41, 5.74) is 3.85. The number of unbranched alkanes of at least 4 members (excludes halogenated alkanes) is 1. The largest absolute Gasteiger partial charge is 0.472 e. The summed E-state index contributed by atoms with van der Waals surface area (Å²) in [6, 6.07) is 33.2. The Bertz CT molecular complexity index is 1300. The number of hydrogen-bond acceptors (Lipinski definition) is 4. The Morgan fingerprint density at radius 2 is 1.41 bits per heavy atom. The molecule has 1 aliphatic heterocycles. The molecule has 1 amide bonds. The topological polar surface area (TPSA) is 50.5 Å². The molecule has 0 radical (unpaired) electrons. The molecule has 0 spiro atoms. The summed E-state index contributed by atoms with van der Waals surface area (Å²) in [5.74, 6) is -0.124. The van der Waals surface area contributed by atoms with Gasteiger partial charge in [0, 0.05) is 6.54 Å². The van der Waals surface area contributed by atoms with Crippen molar-refractivity contribution in [1.29, 1.82) is 0 Å². The third-order valence-corrected chi connectivity index (χ3v) is 12.7. The first-order valence-corrected chi connectivity index (χ1v) is 17.5. The van der Waals surface area contributed by atoms with Gasteiger partial charge in [0.2, 0.25) is 5.91 Å². The number of ketones is 1. The normalized spacial score (nSPS) is 19.2. The van der Waals surface area contributed by atoms with Crippen LogP contribution in [0.25, 0.3) is 0 Å². The van der Waals surface area contributed by atoms with Gasteiger partial charge in [-0.3, -0.25) is 9.59 Å². The maximum Gasteiger partial charge on any atom is 0.237 e. The van der Waals surface area contributed by atoms with E-state index in [1.165, 1.54) is 12.5 Å². The van der Waals surface area contributed by atoms with Crippen LogP contribution in [0.15, 0.2) is 114 Å². The number of furan rings is 1. The van der Waals surface area contributed by atoms with Crippen LogP contribution in [0.5, 0.6) is 0 Å². The molecule has 200 valence electrons. The summed E-state index contributed by atoms with van der Waals surface area (Å²) < 4.78 is 4.68. The highest BCUT2D eigenvalue weighted by Gasteiger charge is 2.68. The first kappa shape index (κ1) is 27.2. The summed E-state index contributed by atoms with van der Waals surface area (Å²) in [5, 5.41) is -1.38. The van der Waals surface area contributed by atoms with Crippen molar-refractivity contribution < 1.29 is 14.0 Å². The minimum atomic E-state index is -1.88. The van der Waals surface area contributed by atoms with Crippen molar-refractivity contribution in [2.24, 2.45) is 0 Å². The lowest BCUT2D eigenvalue weighted by Gasteiger charge is -2.58. The highest BCUT2D eigenvalue weighted by molar-refractivity contribution is 8.01. The number of carbonyl (C=O) groups is 2. The number of Topliss-reactive ketones (excluding diaryl/α,β-unsaturated/α-hetero) is 1. The number of nitrogens with zero attached hydrogens (tertiary/aromatic N) is 1. The van der Waals surface area contributed by atoms with Gasteiger partial charge in [0.25, 0.3) is 0 Å². The van der Waals surface area contributed by atoms with Crippen LogP contribution in [0.2, 0.25) is 18.1 Å².